The monoisotopic (exact) mass is 308 g/mol. The molecule has 0 saturated heterocycles. The van der Waals surface area contributed by atoms with E-state index in [-0.39, 0.29) is 17.0 Å². The summed E-state index contributed by atoms with van der Waals surface area (Å²) >= 11 is 5.97. The zero-order valence-corrected chi connectivity index (χ0v) is 11.9. The Morgan fingerprint density at radius 2 is 2.24 bits per heavy atom. The summed E-state index contributed by atoms with van der Waals surface area (Å²) in [5, 5.41) is 11.8. The number of pyridine rings is 1. The number of rotatable bonds is 5. The number of aromatic nitrogens is 3. The number of aryl methyl sites for hydroxylation is 1. The Hall–Kier alpha value is -2.41. The fourth-order valence-electron chi connectivity index (χ4n) is 1.75. The Bertz CT molecular complexity index is 657. The van der Waals surface area contributed by atoms with E-state index in [1.807, 2.05) is 0 Å². The summed E-state index contributed by atoms with van der Waals surface area (Å²) < 4.78 is 0. The molecule has 2 heterocycles. The number of H-pyrrole nitrogens is 1. The highest BCUT2D eigenvalue weighted by molar-refractivity contribution is 6.33. The molecule has 0 spiro atoms. The van der Waals surface area contributed by atoms with Crippen molar-refractivity contribution in [3.8, 4) is 0 Å². The zero-order valence-electron chi connectivity index (χ0n) is 11.1. The molecule has 110 valence electrons. The van der Waals surface area contributed by atoms with Crippen LogP contribution in [0.25, 0.3) is 0 Å². The summed E-state index contributed by atoms with van der Waals surface area (Å²) in [7, 11) is 0. The van der Waals surface area contributed by atoms with Gasteiger partial charge >= 0.3 is 5.97 Å². The van der Waals surface area contributed by atoms with Crippen molar-refractivity contribution in [2.45, 2.75) is 19.4 Å². The second-order valence-corrected chi connectivity index (χ2v) is 4.86. The van der Waals surface area contributed by atoms with Gasteiger partial charge in [0.05, 0.1) is 16.9 Å². The predicted molar refractivity (Wildman–Crippen MR) is 75.2 cm³/mol. The fraction of sp³-hybridized carbons (Fsp3) is 0.231. The van der Waals surface area contributed by atoms with E-state index in [0.717, 1.165) is 0 Å². The lowest BCUT2D eigenvalue weighted by Gasteiger charge is -2.14. The van der Waals surface area contributed by atoms with Crippen molar-refractivity contribution >= 4 is 23.5 Å². The van der Waals surface area contributed by atoms with Crippen LogP contribution in [0.3, 0.4) is 0 Å². The van der Waals surface area contributed by atoms with Crippen molar-refractivity contribution in [1.82, 2.24) is 20.3 Å². The van der Waals surface area contributed by atoms with Gasteiger partial charge < -0.3 is 15.4 Å². The molecule has 0 saturated carbocycles. The number of aromatic amines is 1. The number of hydrogen-bond donors (Lipinski definition) is 3. The molecule has 0 unspecified atom stereocenters. The molecule has 0 fully saturated rings. The average molecular weight is 309 g/mol. The Morgan fingerprint density at radius 1 is 1.48 bits per heavy atom. The highest BCUT2D eigenvalue weighted by Crippen LogP contribution is 2.15. The minimum Gasteiger partial charge on any atom is -0.480 e. The second-order valence-electron chi connectivity index (χ2n) is 4.45. The summed E-state index contributed by atoms with van der Waals surface area (Å²) in [6.07, 6.45) is 4.36. The number of nitrogens with zero attached hydrogens (tertiary/aromatic N) is 2. The Morgan fingerprint density at radius 3 is 2.81 bits per heavy atom. The van der Waals surface area contributed by atoms with Gasteiger partial charge in [-0.05, 0) is 13.0 Å². The first kappa shape index (κ1) is 15.0. The maximum atomic E-state index is 12.1. The number of carbonyl (C=O) groups is 2. The van der Waals surface area contributed by atoms with Crippen molar-refractivity contribution in [3.05, 3.63) is 46.8 Å². The highest BCUT2D eigenvalue weighted by atomic mass is 35.5. The lowest BCUT2D eigenvalue weighted by molar-refractivity contribution is -0.139. The number of imidazole rings is 1. The third-order valence-corrected chi connectivity index (χ3v) is 3.13. The molecule has 21 heavy (non-hydrogen) atoms. The van der Waals surface area contributed by atoms with Gasteiger partial charge in [-0.15, -0.1) is 0 Å². The number of carboxylic acid groups (broad SMARTS) is 1. The third kappa shape index (κ3) is 3.79. The normalized spacial score (nSPS) is 11.9. The molecule has 3 N–H and O–H groups in total. The van der Waals surface area contributed by atoms with Crippen LogP contribution in [0.2, 0.25) is 5.02 Å². The van der Waals surface area contributed by atoms with E-state index in [4.69, 9.17) is 11.6 Å². The van der Waals surface area contributed by atoms with Crippen LogP contribution in [0.1, 0.15) is 21.7 Å². The summed E-state index contributed by atoms with van der Waals surface area (Å²) in [5.74, 6) is -1.73. The maximum Gasteiger partial charge on any atom is 0.326 e. The molecule has 2 aromatic rings. The van der Waals surface area contributed by atoms with Crippen molar-refractivity contribution < 1.29 is 14.7 Å². The van der Waals surface area contributed by atoms with Crippen LogP contribution >= 0.6 is 11.6 Å². The zero-order chi connectivity index (χ0) is 15.4. The van der Waals surface area contributed by atoms with Crippen LogP contribution in [0.4, 0.5) is 0 Å². The van der Waals surface area contributed by atoms with Gasteiger partial charge in [-0.3, -0.25) is 9.78 Å². The van der Waals surface area contributed by atoms with Crippen LogP contribution in [0.5, 0.6) is 0 Å². The molecule has 0 aromatic carbocycles. The number of amides is 1. The van der Waals surface area contributed by atoms with Gasteiger partial charge in [0, 0.05) is 30.2 Å². The van der Waals surface area contributed by atoms with Crippen molar-refractivity contribution in [2.75, 3.05) is 0 Å². The van der Waals surface area contributed by atoms with Gasteiger partial charge in [0.2, 0.25) is 0 Å². The first-order valence-electron chi connectivity index (χ1n) is 6.10. The van der Waals surface area contributed by atoms with Crippen LogP contribution in [0, 0.1) is 6.92 Å². The van der Waals surface area contributed by atoms with E-state index in [9.17, 15) is 14.7 Å². The van der Waals surface area contributed by atoms with Crippen molar-refractivity contribution in [2.24, 2.45) is 0 Å². The van der Waals surface area contributed by atoms with Gasteiger partial charge in [-0.25, -0.2) is 9.78 Å². The minimum absolute atomic E-state index is 0.0952. The largest absolute Gasteiger partial charge is 0.480 e. The molecule has 2 aromatic heterocycles. The number of nitrogens with one attached hydrogen (secondary N) is 2. The van der Waals surface area contributed by atoms with Crippen LogP contribution in [-0.4, -0.2) is 38.0 Å². The number of carbonyl (C=O) groups excluding carboxylic acids is 1. The van der Waals surface area contributed by atoms with Crippen LogP contribution in [-0.2, 0) is 11.2 Å². The third-order valence-electron chi connectivity index (χ3n) is 2.82. The number of hydrogen-bond acceptors (Lipinski definition) is 4. The molecule has 0 aliphatic heterocycles. The molecule has 8 heteroatoms. The smallest absolute Gasteiger partial charge is 0.326 e. The summed E-state index contributed by atoms with van der Waals surface area (Å²) in [5.41, 5.74) is 1.41. The minimum atomic E-state index is -1.14. The standard InChI is InChI=1S/C13H13ClN4O3/c1-7-2-10(14)9(5-16-7)12(19)18-11(13(20)21)3-8-4-15-6-17-8/h2,4-6,11H,3H2,1H3,(H,15,17)(H,18,19)(H,20,21)/t11-/m0/s1. The van der Waals surface area contributed by atoms with Crippen molar-refractivity contribution in [1.29, 1.82) is 0 Å². The molecule has 0 aliphatic rings. The van der Waals surface area contributed by atoms with Crippen LogP contribution < -0.4 is 5.32 Å². The SMILES string of the molecule is Cc1cc(Cl)c(C(=O)N[C@@H](Cc2cnc[nH]2)C(=O)O)cn1. The average Bonchev–Trinajstić information content (AvgIpc) is 2.90. The molecule has 1 amide bonds. The molecule has 2 rings (SSSR count). The summed E-state index contributed by atoms with van der Waals surface area (Å²) in [6.45, 7) is 1.74. The fourth-order valence-corrected chi connectivity index (χ4v) is 2.04. The molecule has 7 nitrogen and oxygen atoms in total. The second kappa shape index (κ2) is 6.36. The maximum absolute atomic E-state index is 12.1. The van der Waals surface area contributed by atoms with E-state index >= 15 is 0 Å². The lowest BCUT2D eigenvalue weighted by Crippen LogP contribution is -2.42. The van der Waals surface area contributed by atoms with E-state index < -0.39 is 17.9 Å². The van der Waals surface area contributed by atoms with Gasteiger partial charge in [-0.1, -0.05) is 11.6 Å². The Labute approximate surface area is 125 Å². The molecule has 0 aliphatic carbocycles. The van der Waals surface area contributed by atoms with E-state index in [2.05, 4.69) is 20.3 Å². The molecular formula is C13H13ClN4O3. The summed E-state index contributed by atoms with van der Waals surface area (Å²) in [4.78, 5) is 33.9. The molecular weight excluding hydrogens is 296 g/mol. The Balaban J connectivity index is 2.12. The molecule has 0 bridgehead atoms. The highest BCUT2D eigenvalue weighted by Gasteiger charge is 2.23. The number of halogens is 1. The van der Waals surface area contributed by atoms with Gasteiger partial charge in [0.15, 0.2) is 0 Å². The predicted octanol–water partition coefficient (Wildman–Crippen LogP) is 1.19. The van der Waals surface area contributed by atoms with Crippen molar-refractivity contribution in [3.63, 3.8) is 0 Å². The van der Waals surface area contributed by atoms with Gasteiger partial charge in [0.1, 0.15) is 6.04 Å². The Kier molecular flexibility index (Phi) is 4.54. The van der Waals surface area contributed by atoms with E-state index in [0.29, 0.717) is 11.4 Å². The van der Waals surface area contributed by atoms with Gasteiger partial charge in [-0.2, -0.15) is 0 Å². The van der Waals surface area contributed by atoms with Gasteiger partial charge in [0.25, 0.3) is 5.91 Å². The number of aliphatic carboxylic acids is 1. The van der Waals surface area contributed by atoms with E-state index in [1.54, 1.807) is 13.0 Å². The van der Waals surface area contributed by atoms with Crippen LogP contribution in [0.15, 0.2) is 24.8 Å². The summed E-state index contributed by atoms with van der Waals surface area (Å²) in [6, 6.07) is 0.455. The topological polar surface area (TPSA) is 108 Å². The number of carboxylic acids is 1. The first-order chi connectivity index (χ1) is 9.97. The first-order valence-corrected chi connectivity index (χ1v) is 6.48. The lowest BCUT2D eigenvalue weighted by atomic mass is 10.1. The molecule has 1 atom stereocenters. The van der Waals surface area contributed by atoms with E-state index in [1.165, 1.54) is 18.7 Å². The molecule has 0 radical (unpaired) electrons. The quantitative estimate of drug-likeness (QED) is 0.769.